The van der Waals surface area contributed by atoms with E-state index in [0.29, 0.717) is 0 Å². The van der Waals surface area contributed by atoms with Gasteiger partial charge in [-0.05, 0) is 95.0 Å². The molecule has 0 aliphatic rings. The summed E-state index contributed by atoms with van der Waals surface area (Å²) in [6.45, 7) is 0. The molecule has 12 aromatic carbocycles. The maximum atomic E-state index is 5.76. The van der Waals surface area contributed by atoms with Crippen molar-refractivity contribution in [3.63, 3.8) is 0 Å². The van der Waals surface area contributed by atoms with Crippen LogP contribution in [0.5, 0.6) is 0 Å². The molecule has 2 nitrogen and oxygen atoms in total. The van der Waals surface area contributed by atoms with Gasteiger partial charge in [-0.2, -0.15) is 0 Å². The largest absolute Gasteiger partial charge is 0.398 e. The van der Waals surface area contributed by atoms with Gasteiger partial charge in [0.05, 0.1) is 0 Å². The quantitative estimate of drug-likeness (QED) is 0.173. The predicted molar refractivity (Wildman–Crippen MR) is 277 cm³/mol. The number of hydrogen-bond acceptors (Lipinski definition) is 2. The minimum Gasteiger partial charge on any atom is -0.398 e. The minimum absolute atomic E-state index is 0.850. The average Bonchev–Trinajstić information content (AvgIpc) is 3.35. The number of nitrogens with one attached hydrogen (secondary N) is 1. The zero-order valence-corrected chi connectivity index (χ0v) is 36.1. The number of halogens is 1. The van der Waals surface area contributed by atoms with E-state index in [4.69, 9.17) is 5.73 Å². The van der Waals surface area contributed by atoms with E-state index in [-0.39, 0.29) is 0 Å². The third-order valence-electron chi connectivity index (χ3n) is 11.8. The summed E-state index contributed by atoms with van der Waals surface area (Å²) in [6.07, 6.45) is 0. The Morgan fingerprint density at radius 2 is 0.603 bits per heavy atom. The summed E-state index contributed by atoms with van der Waals surface area (Å²) in [7, 11) is 0. The molecule has 0 unspecified atom stereocenters. The molecule has 63 heavy (non-hydrogen) atoms. The Hall–Kier alpha value is -7.72. The first-order chi connectivity index (χ1) is 31.1. The predicted octanol–water partition coefficient (Wildman–Crippen LogP) is 17.4. The molecule has 12 aromatic rings. The van der Waals surface area contributed by atoms with Crippen molar-refractivity contribution < 1.29 is 0 Å². The lowest BCUT2D eigenvalue weighted by atomic mass is 9.93. The van der Waals surface area contributed by atoms with Crippen LogP contribution < -0.4 is 11.1 Å². The highest BCUT2D eigenvalue weighted by molar-refractivity contribution is 9.10. The number of nitrogen functional groups attached to an aromatic ring is 1. The summed E-state index contributed by atoms with van der Waals surface area (Å²) in [6, 6.07) is 85.2. The number of hydrogen-bond donors (Lipinski definition) is 2. The van der Waals surface area contributed by atoms with Gasteiger partial charge in [0.25, 0.3) is 0 Å². The second-order valence-electron chi connectivity index (χ2n) is 15.6. The molecule has 0 fully saturated rings. The number of fused-ring (bicyclic) bond motifs is 6. The number of anilines is 3. The molecule has 0 saturated carbocycles. The van der Waals surface area contributed by atoms with Gasteiger partial charge in [-0.25, -0.2) is 0 Å². The van der Waals surface area contributed by atoms with Crippen LogP contribution in [0.2, 0.25) is 0 Å². The van der Waals surface area contributed by atoms with E-state index in [2.05, 4.69) is 234 Å². The molecule has 0 atom stereocenters. The minimum atomic E-state index is 0.850. The Kier molecular flexibility index (Phi) is 11.1. The lowest BCUT2D eigenvalue weighted by Crippen LogP contribution is -1.94. The van der Waals surface area contributed by atoms with E-state index < -0.39 is 0 Å². The Bertz CT molecular complexity index is 3570. The van der Waals surface area contributed by atoms with Gasteiger partial charge in [-0.3, -0.25) is 0 Å². The van der Waals surface area contributed by atoms with E-state index in [9.17, 15) is 0 Å². The summed E-state index contributed by atoms with van der Waals surface area (Å²) in [4.78, 5) is 0. The van der Waals surface area contributed by atoms with E-state index >= 15 is 0 Å². The van der Waals surface area contributed by atoms with Crippen molar-refractivity contribution in [3.05, 3.63) is 247 Å². The van der Waals surface area contributed by atoms with Gasteiger partial charge in [-0.15, -0.1) is 0 Å². The summed E-state index contributed by atoms with van der Waals surface area (Å²) >= 11 is 3.65. The molecular formula is C60H43BrN2. The average molecular weight is 872 g/mol. The third-order valence-corrected chi connectivity index (χ3v) is 12.5. The van der Waals surface area contributed by atoms with Crippen LogP contribution in [0.25, 0.3) is 86.9 Å². The van der Waals surface area contributed by atoms with Crippen LogP contribution in [-0.4, -0.2) is 0 Å². The Balaban J connectivity index is 0.000000126. The molecule has 0 radical (unpaired) electrons. The topological polar surface area (TPSA) is 38.0 Å². The smallest absolute Gasteiger partial charge is 0.0464 e. The van der Waals surface area contributed by atoms with E-state index in [1.165, 1.54) is 81.5 Å². The molecular weight excluding hydrogens is 829 g/mol. The van der Waals surface area contributed by atoms with E-state index in [1.54, 1.807) is 0 Å². The van der Waals surface area contributed by atoms with Gasteiger partial charge < -0.3 is 11.1 Å². The normalized spacial score (nSPS) is 11.0. The van der Waals surface area contributed by atoms with Gasteiger partial charge in [0.15, 0.2) is 0 Å². The van der Waals surface area contributed by atoms with Crippen molar-refractivity contribution in [2.45, 2.75) is 0 Å². The zero-order chi connectivity index (χ0) is 42.5. The van der Waals surface area contributed by atoms with Crippen LogP contribution in [0.15, 0.2) is 247 Å². The van der Waals surface area contributed by atoms with Crippen molar-refractivity contribution in [1.82, 2.24) is 0 Å². The van der Waals surface area contributed by atoms with Gasteiger partial charge in [0, 0.05) is 37.7 Å². The van der Waals surface area contributed by atoms with E-state index in [0.717, 1.165) is 26.9 Å². The summed E-state index contributed by atoms with van der Waals surface area (Å²) < 4.78 is 1.14. The fourth-order valence-corrected chi connectivity index (χ4v) is 9.27. The van der Waals surface area contributed by atoms with Gasteiger partial charge in [0.2, 0.25) is 0 Å². The first-order valence-corrected chi connectivity index (χ1v) is 22.0. The molecule has 3 N–H and O–H groups in total. The summed E-state index contributed by atoms with van der Waals surface area (Å²) in [5.41, 5.74) is 14.0. The second kappa shape index (κ2) is 17.7. The van der Waals surface area contributed by atoms with Crippen LogP contribution in [0.4, 0.5) is 17.1 Å². The lowest BCUT2D eigenvalue weighted by Gasteiger charge is -2.16. The monoisotopic (exact) mass is 870 g/mol. The van der Waals surface area contributed by atoms with Crippen LogP contribution in [0.1, 0.15) is 0 Å². The van der Waals surface area contributed by atoms with Crippen LogP contribution in [0, 0.1) is 0 Å². The van der Waals surface area contributed by atoms with E-state index in [1.807, 2.05) is 30.3 Å². The first kappa shape index (κ1) is 39.4. The van der Waals surface area contributed by atoms with Gasteiger partial charge in [-0.1, -0.05) is 234 Å². The molecule has 0 spiro atoms. The van der Waals surface area contributed by atoms with Gasteiger partial charge >= 0.3 is 0 Å². The third kappa shape index (κ3) is 7.99. The molecule has 0 bridgehead atoms. The first-order valence-electron chi connectivity index (χ1n) is 21.2. The molecule has 0 amide bonds. The standard InChI is InChI=1S/C30H21N.C20H13Br.C10H9N/c1-3-13-23-21(9-1)11-7-17-25(23)27-19-20-30(28-16-6-5-15-26(27)28)31-29-18-8-12-22-10-2-4-14-24(22)29;21-20-13-12-18(17-9-3-4-10-19(17)20)16-11-5-7-14-6-1-2-8-15(14)16;11-10-7-3-5-8-4-1-2-6-9(8)10/h1-20,31H;1-13H;1-7H,11H2. The molecule has 0 aliphatic carbocycles. The van der Waals surface area contributed by atoms with Crippen LogP contribution in [-0.2, 0) is 0 Å². The van der Waals surface area contributed by atoms with Crippen molar-refractivity contribution in [2.75, 3.05) is 11.1 Å². The summed E-state index contributed by atoms with van der Waals surface area (Å²) in [5, 5.41) is 18.6. The van der Waals surface area contributed by atoms with Crippen molar-refractivity contribution in [1.29, 1.82) is 0 Å². The summed E-state index contributed by atoms with van der Waals surface area (Å²) in [5.74, 6) is 0. The number of rotatable bonds is 4. The number of nitrogens with two attached hydrogens (primary N) is 1. The second-order valence-corrected chi connectivity index (χ2v) is 16.5. The number of benzene rings is 12. The molecule has 12 rings (SSSR count). The molecule has 0 aromatic heterocycles. The lowest BCUT2D eigenvalue weighted by molar-refractivity contribution is 1.60. The molecule has 0 heterocycles. The van der Waals surface area contributed by atoms with Crippen molar-refractivity contribution in [2.24, 2.45) is 0 Å². The zero-order valence-electron chi connectivity index (χ0n) is 34.5. The van der Waals surface area contributed by atoms with Crippen molar-refractivity contribution >= 4 is 97.6 Å². The van der Waals surface area contributed by atoms with Crippen LogP contribution in [0.3, 0.4) is 0 Å². The fraction of sp³-hybridized carbons (Fsp3) is 0. The Morgan fingerprint density at radius 3 is 1.17 bits per heavy atom. The maximum absolute atomic E-state index is 5.76. The van der Waals surface area contributed by atoms with Crippen molar-refractivity contribution in [3.8, 4) is 22.3 Å². The molecule has 3 heteroatoms. The highest BCUT2D eigenvalue weighted by Gasteiger charge is 2.12. The fourth-order valence-electron chi connectivity index (χ4n) is 8.79. The maximum Gasteiger partial charge on any atom is 0.0464 e. The Morgan fingerprint density at radius 1 is 0.254 bits per heavy atom. The van der Waals surface area contributed by atoms with Gasteiger partial charge in [0.1, 0.15) is 0 Å². The Labute approximate surface area is 376 Å². The molecule has 0 saturated heterocycles. The molecule has 0 aliphatic heterocycles. The highest BCUT2D eigenvalue weighted by Crippen LogP contribution is 2.39. The SMILES string of the molecule is Brc1ccc(-c2cccc3ccccc23)c2ccccc12.Nc1cccc2ccccc12.c1ccc2c(Nc3ccc(-c4cccc5ccccc45)c4ccccc34)cccc2c1. The highest BCUT2D eigenvalue weighted by atomic mass is 79.9. The van der Waals surface area contributed by atoms with Crippen LogP contribution >= 0.6 is 15.9 Å². The molecule has 300 valence electrons.